The van der Waals surface area contributed by atoms with Gasteiger partial charge in [0.25, 0.3) is 5.69 Å². The summed E-state index contributed by atoms with van der Waals surface area (Å²) in [5, 5.41) is 10.5. The highest BCUT2D eigenvalue weighted by atomic mass is 16.6. The SMILES string of the molecule is NC(=O)Cc1ccc(Oc2ccc([N+](=O)[O-])cc2)cc1. The van der Waals surface area contributed by atoms with Crippen molar-refractivity contribution in [3.8, 4) is 11.5 Å². The minimum absolute atomic E-state index is 0.00848. The van der Waals surface area contributed by atoms with Gasteiger partial charge in [0.05, 0.1) is 11.3 Å². The van der Waals surface area contributed by atoms with Crippen LogP contribution >= 0.6 is 0 Å². The first-order valence-corrected chi connectivity index (χ1v) is 5.84. The molecule has 1 amide bonds. The molecular weight excluding hydrogens is 260 g/mol. The molecule has 0 unspecified atom stereocenters. The van der Waals surface area contributed by atoms with E-state index in [9.17, 15) is 14.9 Å². The molecule has 0 aliphatic heterocycles. The number of primary amides is 1. The number of ether oxygens (including phenoxy) is 1. The summed E-state index contributed by atoms with van der Waals surface area (Å²) in [7, 11) is 0. The Hall–Kier alpha value is -2.89. The molecule has 102 valence electrons. The molecule has 0 heterocycles. The number of rotatable bonds is 5. The molecule has 2 N–H and O–H groups in total. The van der Waals surface area contributed by atoms with Crippen LogP contribution in [-0.2, 0) is 11.2 Å². The van der Waals surface area contributed by atoms with Crippen molar-refractivity contribution in [2.45, 2.75) is 6.42 Å². The first kappa shape index (κ1) is 13.5. The maximum atomic E-state index is 10.8. The Morgan fingerprint density at radius 3 is 2.00 bits per heavy atom. The first-order valence-electron chi connectivity index (χ1n) is 5.84. The fraction of sp³-hybridized carbons (Fsp3) is 0.0714. The van der Waals surface area contributed by atoms with Gasteiger partial charge in [-0.25, -0.2) is 0 Å². The molecule has 2 aromatic carbocycles. The van der Waals surface area contributed by atoms with Gasteiger partial charge in [0.2, 0.25) is 5.91 Å². The average Bonchev–Trinajstić information content (AvgIpc) is 2.41. The van der Waals surface area contributed by atoms with Gasteiger partial charge in [-0.15, -0.1) is 0 Å². The molecule has 2 rings (SSSR count). The standard InChI is InChI=1S/C14H12N2O4/c15-14(17)9-10-1-5-12(6-2-10)20-13-7-3-11(4-8-13)16(18)19/h1-8H,9H2,(H2,15,17). The number of carbonyl (C=O) groups excluding carboxylic acids is 1. The predicted molar refractivity (Wildman–Crippen MR) is 72.5 cm³/mol. The molecule has 20 heavy (non-hydrogen) atoms. The zero-order valence-corrected chi connectivity index (χ0v) is 10.5. The third-order valence-electron chi connectivity index (χ3n) is 2.58. The van der Waals surface area contributed by atoms with Crippen molar-refractivity contribution in [3.63, 3.8) is 0 Å². The third-order valence-corrected chi connectivity index (χ3v) is 2.58. The highest BCUT2D eigenvalue weighted by Crippen LogP contribution is 2.24. The normalized spacial score (nSPS) is 10.0. The van der Waals surface area contributed by atoms with Gasteiger partial charge in [0.15, 0.2) is 0 Å². The van der Waals surface area contributed by atoms with Gasteiger partial charge in [-0.2, -0.15) is 0 Å². The number of benzene rings is 2. The van der Waals surface area contributed by atoms with E-state index in [1.165, 1.54) is 24.3 Å². The fourth-order valence-corrected chi connectivity index (χ4v) is 1.65. The lowest BCUT2D eigenvalue weighted by atomic mass is 10.1. The van der Waals surface area contributed by atoms with Crippen molar-refractivity contribution in [1.82, 2.24) is 0 Å². The Balaban J connectivity index is 2.06. The lowest BCUT2D eigenvalue weighted by Gasteiger charge is -2.06. The van der Waals surface area contributed by atoms with Gasteiger partial charge < -0.3 is 10.5 Å². The molecular formula is C14H12N2O4. The van der Waals surface area contributed by atoms with Gasteiger partial charge in [-0.3, -0.25) is 14.9 Å². The van der Waals surface area contributed by atoms with E-state index in [-0.39, 0.29) is 12.1 Å². The van der Waals surface area contributed by atoms with Crippen molar-refractivity contribution < 1.29 is 14.5 Å². The number of nitro groups is 1. The Bertz CT molecular complexity index is 621. The summed E-state index contributed by atoms with van der Waals surface area (Å²) in [4.78, 5) is 20.8. The van der Waals surface area contributed by atoms with Gasteiger partial charge in [-0.05, 0) is 29.8 Å². The summed E-state index contributed by atoms with van der Waals surface area (Å²) >= 11 is 0. The number of carbonyl (C=O) groups is 1. The van der Waals surface area contributed by atoms with E-state index in [2.05, 4.69) is 0 Å². The molecule has 6 nitrogen and oxygen atoms in total. The quantitative estimate of drug-likeness (QED) is 0.667. The topological polar surface area (TPSA) is 95.5 Å². The van der Waals surface area contributed by atoms with Gasteiger partial charge >= 0.3 is 0 Å². The summed E-state index contributed by atoms with van der Waals surface area (Å²) < 4.78 is 5.53. The van der Waals surface area contributed by atoms with E-state index in [0.29, 0.717) is 11.5 Å². The molecule has 0 atom stereocenters. The van der Waals surface area contributed by atoms with Crippen molar-refractivity contribution >= 4 is 11.6 Å². The van der Waals surface area contributed by atoms with E-state index in [1.54, 1.807) is 24.3 Å². The lowest BCUT2D eigenvalue weighted by molar-refractivity contribution is -0.384. The minimum atomic E-state index is -0.470. The summed E-state index contributed by atoms with van der Waals surface area (Å²) in [6.07, 6.45) is 0.178. The van der Waals surface area contributed by atoms with Crippen LogP contribution in [-0.4, -0.2) is 10.8 Å². The smallest absolute Gasteiger partial charge is 0.269 e. The van der Waals surface area contributed by atoms with Crippen molar-refractivity contribution in [2.24, 2.45) is 5.73 Å². The monoisotopic (exact) mass is 272 g/mol. The van der Waals surface area contributed by atoms with Gasteiger partial charge in [-0.1, -0.05) is 12.1 Å². The molecule has 0 radical (unpaired) electrons. The van der Waals surface area contributed by atoms with Crippen LogP contribution in [0.4, 0.5) is 5.69 Å². The predicted octanol–water partition coefficient (Wildman–Crippen LogP) is 2.41. The van der Waals surface area contributed by atoms with E-state index in [0.717, 1.165) is 5.56 Å². The van der Waals surface area contributed by atoms with Gasteiger partial charge in [0.1, 0.15) is 11.5 Å². The second kappa shape index (κ2) is 5.83. The van der Waals surface area contributed by atoms with E-state index >= 15 is 0 Å². The van der Waals surface area contributed by atoms with Crippen molar-refractivity contribution in [2.75, 3.05) is 0 Å². The van der Waals surface area contributed by atoms with Gasteiger partial charge in [0, 0.05) is 12.1 Å². The van der Waals surface area contributed by atoms with E-state index in [4.69, 9.17) is 10.5 Å². The molecule has 0 aliphatic carbocycles. The number of non-ortho nitro benzene ring substituents is 1. The Kier molecular flexibility index (Phi) is 3.95. The fourth-order valence-electron chi connectivity index (χ4n) is 1.65. The molecule has 2 aromatic rings. The van der Waals surface area contributed by atoms with Crippen molar-refractivity contribution in [1.29, 1.82) is 0 Å². The number of nitrogens with zero attached hydrogens (tertiary/aromatic N) is 1. The molecule has 0 spiro atoms. The zero-order valence-electron chi connectivity index (χ0n) is 10.5. The Morgan fingerprint density at radius 1 is 1.05 bits per heavy atom. The lowest BCUT2D eigenvalue weighted by Crippen LogP contribution is -2.13. The molecule has 6 heteroatoms. The van der Waals surface area contributed by atoms with Crippen LogP contribution in [0, 0.1) is 10.1 Å². The van der Waals surface area contributed by atoms with Crippen LogP contribution in [0.3, 0.4) is 0 Å². The molecule has 0 bridgehead atoms. The molecule has 0 fully saturated rings. The second-order valence-electron chi connectivity index (χ2n) is 4.14. The third kappa shape index (κ3) is 3.55. The minimum Gasteiger partial charge on any atom is -0.457 e. The first-order chi connectivity index (χ1) is 9.54. The van der Waals surface area contributed by atoms with Crippen LogP contribution in [0.25, 0.3) is 0 Å². The van der Waals surface area contributed by atoms with Crippen LogP contribution in [0.5, 0.6) is 11.5 Å². The molecule has 0 aliphatic rings. The van der Waals surface area contributed by atoms with E-state index in [1.807, 2.05) is 0 Å². The summed E-state index contributed by atoms with van der Waals surface area (Å²) in [5.41, 5.74) is 5.91. The van der Waals surface area contributed by atoms with Crippen LogP contribution < -0.4 is 10.5 Å². The molecule has 0 aromatic heterocycles. The Morgan fingerprint density at radius 2 is 1.55 bits per heavy atom. The zero-order chi connectivity index (χ0) is 14.5. The van der Waals surface area contributed by atoms with Crippen molar-refractivity contribution in [3.05, 3.63) is 64.2 Å². The highest BCUT2D eigenvalue weighted by Gasteiger charge is 2.05. The number of nitrogens with two attached hydrogens (primary N) is 1. The largest absolute Gasteiger partial charge is 0.457 e. The summed E-state index contributed by atoms with van der Waals surface area (Å²) in [5.74, 6) is 0.680. The second-order valence-corrected chi connectivity index (χ2v) is 4.14. The number of nitro benzene ring substituents is 1. The maximum Gasteiger partial charge on any atom is 0.269 e. The molecule has 0 saturated carbocycles. The summed E-state index contributed by atoms with van der Waals surface area (Å²) in [6.45, 7) is 0. The van der Waals surface area contributed by atoms with E-state index < -0.39 is 10.8 Å². The maximum absolute atomic E-state index is 10.8. The number of amides is 1. The van der Waals surface area contributed by atoms with Crippen LogP contribution in [0.15, 0.2) is 48.5 Å². The number of hydrogen-bond donors (Lipinski definition) is 1. The van der Waals surface area contributed by atoms with Crippen LogP contribution in [0.1, 0.15) is 5.56 Å². The average molecular weight is 272 g/mol. The number of hydrogen-bond acceptors (Lipinski definition) is 4. The highest BCUT2D eigenvalue weighted by molar-refractivity contribution is 5.76. The Labute approximate surface area is 114 Å². The molecule has 0 saturated heterocycles. The van der Waals surface area contributed by atoms with Crippen LogP contribution in [0.2, 0.25) is 0 Å². The summed E-state index contributed by atoms with van der Waals surface area (Å²) in [6, 6.07) is 12.7.